The fourth-order valence-electron chi connectivity index (χ4n) is 1.20. The first kappa shape index (κ1) is 17.6. The van der Waals surface area contributed by atoms with Crippen LogP contribution in [0.1, 0.15) is 32.4 Å². The third-order valence-electron chi connectivity index (χ3n) is 2.43. The van der Waals surface area contributed by atoms with Gasteiger partial charge in [-0.15, -0.1) is 0 Å². The van der Waals surface area contributed by atoms with Gasteiger partial charge in [0.2, 0.25) is 5.95 Å². The molecule has 0 unspecified atom stereocenters. The summed E-state index contributed by atoms with van der Waals surface area (Å²) in [6.45, 7) is 5.80. The molecule has 0 aliphatic heterocycles. The number of nitrogen functional groups attached to an aromatic ring is 1. The van der Waals surface area contributed by atoms with Gasteiger partial charge in [-0.25, -0.2) is 9.97 Å². The molecule has 0 saturated heterocycles. The highest BCUT2D eigenvalue weighted by molar-refractivity contribution is 6.29. The van der Waals surface area contributed by atoms with Crippen molar-refractivity contribution in [3.63, 3.8) is 0 Å². The van der Waals surface area contributed by atoms with Crippen molar-refractivity contribution in [2.75, 3.05) is 12.3 Å². The molecule has 0 atom stereocenters. The summed E-state index contributed by atoms with van der Waals surface area (Å²) in [6, 6.07) is 1.65. The zero-order chi connectivity index (χ0) is 15.1. The number of aromatic nitrogens is 2. The number of nitrogens with zero attached hydrogens (tertiary/aromatic N) is 2. The molecule has 0 amide bonds. The molecule has 0 aliphatic carbocycles. The van der Waals surface area contributed by atoms with E-state index in [1.54, 1.807) is 19.9 Å². The predicted octanol–water partition coefficient (Wildman–Crippen LogP) is 1.86. The van der Waals surface area contributed by atoms with E-state index in [1.165, 1.54) is 0 Å². The predicted molar refractivity (Wildman–Crippen MR) is 75.9 cm³/mol. The summed E-state index contributed by atoms with van der Waals surface area (Å²) < 4.78 is 0. The van der Waals surface area contributed by atoms with Gasteiger partial charge in [0.25, 0.3) is 0 Å². The van der Waals surface area contributed by atoms with Gasteiger partial charge in [-0.1, -0.05) is 11.6 Å². The highest BCUT2D eigenvalue weighted by Gasteiger charge is 2.25. The highest BCUT2D eigenvalue weighted by atomic mass is 35.5. The van der Waals surface area contributed by atoms with Crippen molar-refractivity contribution in [1.82, 2.24) is 9.97 Å². The van der Waals surface area contributed by atoms with Crippen molar-refractivity contribution in [3.05, 3.63) is 16.9 Å². The van der Waals surface area contributed by atoms with Gasteiger partial charge in [0, 0.05) is 5.69 Å². The van der Waals surface area contributed by atoms with Crippen LogP contribution in [0, 0.1) is 12.3 Å². The molecule has 19 heavy (non-hydrogen) atoms. The maximum Gasteiger partial charge on any atom is 0.309 e. The lowest BCUT2D eigenvalue weighted by Gasteiger charge is -2.17. The largest absolute Gasteiger partial charge is 0.481 e. The fourth-order valence-corrected chi connectivity index (χ4v) is 1.45. The van der Waals surface area contributed by atoms with Crippen LogP contribution in [0.3, 0.4) is 0 Å². The van der Waals surface area contributed by atoms with Crippen LogP contribution < -0.4 is 11.5 Å². The number of carboxylic acid groups (broad SMARTS) is 1. The summed E-state index contributed by atoms with van der Waals surface area (Å²) in [4.78, 5) is 18.0. The van der Waals surface area contributed by atoms with Crippen molar-refractivity contribution in [1.29, 1.82) is 0 Å². The third kappa shape index (κ3) is 7.58. The average Bonchev–Trinajstić information content (AvgIpc) is 2.25. The second kappa shape index (κ2) is 7.91. The Morgan fingerprint density at radius 2 is 2.05 bits per heavy atom. The molecule has 0 aliphatic rings. The van der Waals surface area contributed by atoms with Gasteiger partial charge in [-0.05, 0) is 46.2 Å². The Labute approximate surface area is 118 Å². The van der Waals surface area contributed by atoms with Gasteiger partial charge in [0.05, 0.1) is 5.41 Å². The summed E-state index contributed by atoms with van der Waals surface area (Å²) in [7, 11) is 0. The molecule has 0 radical (unpaired) electrons. The Balaban J connectivity index is 0.000000342. The number of hydrogen-bond acceptors (Lipinski definition) is 5. The van der Waals surface area contributed by atoms with Crippen LogP contribution in [0.25, 0.3) is 0 Å². The van der Waals surface area contributed by atoms with E-state index in [9.17, 15) is 4.79 Å². The van der Waals surface area contributed by atoms with E-state index in [0.717, 1.165) is 12.1 Å². The van der Waals surface area contributed by atoms with E-state index in [-0.39, 0.29) is 5.95 Å². The van der Waals surface area contributed by atoms with Crippen LogP contribution in [0.4, 0.5) is 5.95 Å². The zero-order valence-corrected chi connectivity index (χ0v) is 12.2. The Kier molecular flexibility index (Phi) is 7.33. The summed E-state index contributed by atoms with van der Waals surface area (Å²) in [5, 5.41) is 9.02. The fraction of sp³-hybridized carbons (Fsp3) is 0.583. The van der Waals surface area contributed by atoms with Gasteiger partial charge >= 0.3 is 5.97 Å². The average molecular weight is 289 g/mol. The molecule has 1 aromatic rings. The molecular formula is C12H21ClN4O2. The molecular weight excluding hydrogens is 268 g/mol. The third-order valence-corrected chi connectivity index (χ3v) is 2.62. The minimum absolute atomic E-state index is 0.222. The molecule has 0 spiro atoms. The minimum atomic E-state index is -0.749. The SMILES string of the molecule is CC(C)(CCCN)C(=O)O.Cc1cc(Cl)nc(N)n1. The van der Waals surface area contributed by atoms with E-state index in [1.807, 2.05) is 6.92 Å². The maximum absolute atomic E-state index is 10.5. The molecule has 0 fully saturated rings. The van der Waals surface area contributed by atoms with Crippen LogP contribution in [-0.4, -0.2) is 27.6 Å². The zero-order valence-electron chi connectivity index (χ0n) is 11.5. The van der Waals surface area contributed by atoms with Crippen LogP contribution in [0.2, 0.25) is 5.15 Å². The van der Waals surface area contributed by atoms with Crippen molar-refractivity contribution in [3.8, 4) is 0 Å². The number of carbonyl (C=O) groups is 1. The quantitative estimate of drug-likeness (QED) is 0.728. The van der Waals surface area contributed by atoms with Gasteiger partial charge in [0.15, 0.2) is 0 Å². The van der Waals surface area contributed by atoms with Gasteiger partial charge < -0.3 is 16.6 Å². The first-order valence-electron chi connectivity index (χ1n) is 5.89. The van der Waals surface area contributed by atoms with E-state index in [2.05, 4.69) is 9.97 Å². The Morgan fingerprint density at radius 1 is 1.47 bits per heavy atom. The van der Waals surface area contributed by atoms with Crippen molar-refractivity contribution in [2.45, 2.75) is 33.6 Å². The highest BCUT2D eigenvalue weighted by Crippen LogP contribution is 2.21. The van der Waals surface area contributed by atoms with Gasteiger partial charge in [-0.2, -0.15) is 0 Å². The smallest absolute Gasteiger partial charge is 0.309 e. The summed E-state index contributed by atoms with van der Waals surface area (Å²) >= 11 is 5.52. The van der Waals surface area contributed by atoms with E-state index >= 15 is 0 Å². The first-order chi connectivity index (χ1) is 8.69. The number of hydrogen-bond donors (Lipinski definition) is 3. The van der Waals surface area contributed by atoms with Crippen molar-refractivity contribution < 1.29 is 9.90 Å². The van der Waals surface area contributed by atoms with E-state index in [4.69, 9.17) is 28.2 Å². The molecule has 0 bridgehead atoms. The normalized spacial score (nSPS) is 10.6. The number of halogens is 1. The number of aryl methyl sites for hydroxylation is 1. The summed E-state index contributed by atoms with van der Waals surface area (Å²) in [6.07, 6.45) is 1.43. The Bertz CT molecular complexity index is 374. The molecule has 1 heterocycles. The van der Waals surface area contributed by atoms with Gasteiger partial charge in [0.1, 0.15) is 5.15 Å². The number of nitrogens with two attached hydrogens (primary N) is 2. The summed E-state index contributed by atoms with van der Waals surface area (Å²) in [5.74, 6) is -0.527. The standard InChI is InChI=1S/C7H15NO2.C5H6ClN3/c1-7(2,6(9)10)4-3-5-8;1-3-2-4(6)9-5(7)8-3/h3-5,8H2,1-2H3,(H,9,10);2H,1H3,(H2,7,8,9). The Morgan fingerprint density at radius 3 is 2.42 bits per heavy atom. The molecule has 1 aromatic heterocycles. The molecule has 0 aromatic carbocycles. The lowest BCUT2D eigenvalue weighted by atomic mass is 9.88. The molecule has 6 nitrogen and oxygen atoms in total. The number of carboxylic acids is 1. The molecule has 7 heteroatoms. The van der Waals surface area contributed by atoms with Crippen LogP contribution in [-0.2, 0) is 4.79 Å². The Hall–Kier alpha value is -1.40. The van der Waals surface area contributed by atoms with E-state index < -0.39 is 11.4 Å². The molecule has 0 saturated carbocycles. The lowest BCUT2D eigenvalue weighted by Crippen LogP contribution is -2.24. The van der Waals surface area contributed by atoms with E-state index in [0.29, 0.717) is 18.1 Å². The van der Waals surface area contributed by atoms with Crippen LogP contribution in [0.15, 0.2) is 6.07 Å². The molecule has 108 valence electrons. The molecule has 1 rings (SSSR count). The van der Waals surface area contributed by atoms with Crippen LogP contribution in [0.5, 0.6) is 0 Å². The van der Waals surface area contributed by atoms with Crippen molar-refractivity contribution >= 4 is 23.5 Å². The number of rotatable bonds is 4. The summed E-state index contributed by atoms with van der Waals surface area (Å²) in [5.41, 5.74) is 10.7. The maximum atomic E-state index is 10.5. The minimum Gasteiger partial charge on any atom is -0.481 e. The first-order valence-corrected chi connectivity index (χ1v) is 6.27. The molecule has 5 N–H and O–H groups in total. The second-order valence-electron chi connectivity index (χ2n) is 4.77. The lowest BCUT2D eigenvalue weighted by molar-refractivity contribution is -0.147. The topological polar surface area (TPSA) is 115 Å². The van der Waals surface area contributed by atoms with Crippen LogP contribution >= 0.6 is 11.6 Å². The van der Waals surface area contributed by atoms with Crippen molar-refractivity contribution in [2.24, 2.45) is 11.1 Å². The monoisotopic (exact) mass is 288 g/mol. The van der Waals surface area contributed by atoms with Gasteiger partial charge in [-0.3, -0.25) is 4.79 Å². The second-order valence-corrected chi connectivity index (χ2v) is 5.16. The number of aliphatic carboxylic acids is 1. The number of anilines is 1.